The fraction of sp³-hybridized carbons (Fsp3) is 0.444. The SMILES string of the molecule is CCOC(=O)/C(C(=O)c1ccccc1Cl)=C1\CC[C@@H]2CCCN12. The van der Waals surface area contributed by atoms with Crippen LogP contribution in [-0.2, 0) is 9.53 Å². The topological polar surface area (TPSA) is 46.6 Å². The van der Waals surface area contributed by atoms with Gasteiger partial charge in [-0.1, -0.05) is 23.7 Å². The number of allylic oxidation sites excluding steroid dienone is 1. The zero-order chi connectivity index (χ0) is 16.4. The van der Waals surface area contributed by atoms with Crippen LogP contribution in [0.3, 0.4) is 0 Å². The van der Waals surface area contributed by atoms with E-state index in [0.717, 1.165) is 37.9 Å². The fourth-order valence-corrected chi connectivity index (χ4v) is 3.75. The van der Waals surface area contributed by atoms with Gasteiger partial charge in [0.05, 0.1) is 11.6 Å². The summed E-state index contributed by atoms with van der Waals surface area (Å²) < 4.78 is 5.16. The minimum Gasteiger partial charge on any atom is -0.462 e. The Bertz CT molecular complexity index is 668. The van der Waals surface area contributed by atoms with Crippen molar-refractivity contribution in [3.63, 3.8) is 0 Å². The second kappa shape index (κ2) is 6.75. The number of hydrogen-bond acceptors (Lipinski definition) is 4. The van der Waals surface area contributed by atoms with Gasteiger partial charge in [0.15, 0.2) is 0 Å². The molecule has 0 saturated carbocycles. The van der Waals surface area contributed by atoms with Gasteiger partial charge in [-0.05, 0) is 44.7 Å². The Hall–Kier alpha value is -1.81. The molecule has 2 aliphatic heterocycles. The normalized spacial score (nSPS) is 22.0. The Labute approximate surface area is 141 Å². The van der Waals surface area contributed by atoms with E-state index in [1.807, 2.05) is 0 Å². The standard InChI is InChI=1S/C18H20ClNO3/c1-2-23-18(22)16(15-10-9-12-6-5-11-20(12)15)17(21)13-7-3-4-8-14(13)19/h3-4,7-8,12H,2,5-6,9-11H2,1H3/b16-15+/t12-/m0/s1. The molecule has 2 heterocycles. The first-order chi connectivity index (χ1) is 11.1. The highest BCUT2D eigenvalue weighted by molar-refractivity contribution is 6.37. The van der Waals surface area contributed by atoms with Gasteiger partial charge in [0.25, 0.3) is 0 Å². The van der Waals surface area contributed by atoms with Crippen LogP contribution in [-0.4, -0.2) is 35.8 Å². The van der Waals surface area contributed by atoms with Gasteiger partial charge < -0.3 is 9.64 Å². The van der Waals surface area contributed by atoms with Crippen LogP contribution in [0, 0.1) is 0 Å². The van der Waals surface area contributed by atoms with Gasteiger partial charge in [0, 0.05) is 23.8 Å². The second-order valence-electron chi connectivity index (χ2n) is 5.88. The van der Waals surface area contributed by atoms with Crippen LogP contribution in [0.5, 0.6) is 0 Å². The molecule has 0 unspecified atom stereocenters. The summed E-state index contributed by atoms with van der Waals surface area (Å²) in [6, 6.07) is 7.28. The molecule has 0 aliphatic carbocycles. The third-order valence-corrected chi connectivity index (χ3v) is 4.88. The zero-order valence-corrected chi connectivity index (χ0v) is 13.9. The Morgan fingerprint density at radius 3 is 2.83 bits per heavy atom. The van der Waals surface area contributed by atoms with E-state index < -0.39 is 5.97 Å². The molecule has 0 radical (unpaired) electrons. The number of esters is 1. The van der Waals surface area contributed by atoms with Gasteiger partial charge in [-0.3, -0.25) is 4.79 Å². The van der Waals surface area contributed by atoms with E-state index in [0.29, 0.717) is 16.6 Å². The average Bonchev–Trinajstić information content (AvgIpc) is 3.13. The highest BCUT2D eigenvalue weighted by Crippen LogP contribution is 2.37. The molecule has 1 aromatic carbocycles. The van der Waals surface area contributed by atoms with E-state index in [2.05, 4.69) is 4.90 Å². The largest absolute Gasteiger partial charge is 0.462 e. The first-order valence-electron chi connectivity index (χ1n) is 8.09. The summed E-state index contributed by atoms with van der Waals surface area (Å²) in [4.78, 5) is 27.7. The summed E-state index contributed by atoms with van der Waals surface area (Å²) >= 11 is 6.15. The predicted molar refractivity (Wildman–Crippen MR) is 88.4 cm³/mol. The number of ether oxygens (including phenoxy) is 1. The molecule has 1 atom stereocenters. The molecule has 2 saturated heterocycles. The number of nitrogens with zero attached hydrogens (tertiary/aromatic N) is 1. The van der Waals surface area contributed by atoms with Gasteiger partial charge in [0.1, 0.15) is 5.57 Å². The highest BCUT2D eigenvalue weighted by Gasteiger charge is 2.38. The first-order valence-corrected chi connectivity index (χ1v) is 8.47. The lowest BCUT2D eigenvalue weighted by atomic mass is 10.00. The first kappa shape index (κ1) is 16.1. The fourth-order valence-electron chi connectivity index (χ4n) is 3.53. The van der Waals surface area contributed by atoms with Crippen molar-refractivity contribution in [2.24, 2.45) is 0 Å². The molecule has 5 heteroatoms. The average molecular weight is 334 g/mol. The Morgan fingerprint density at radius 2 is 2.09 bits per heavy atom. The van der Waals surface area contributed by atoms with Gasteiger partial charge >= 0.3 is 5.97 Å². The van der Waals surface area contributed by atoms with Gasteiger partial charge in [-0.15, -0.1) is 0 Å². The second-order valence-corrected chi connectivity index (χ2v) is 6.29. The zero-order valence-electron chi connectivity index (χ0n) is 13.2. The van der Waals surface area contributed by atoms with E-state index in [1.54, 1.807) is 31.2 Å². The molecule has 4 nitrogen and oxygen atoms in total. The van der Waals surface area contributed by atoms with Crippen LogP contribution in [0.1, 0.15) is 43.0 Å². The van der Waals surface area contributed by atoms with E-state index in [1.165, 1.54) is 0 Å². The monoisotopic (exact) mass is 333 g/mol. The molecule has 0 bridgehead atoms. The third-order valence-electron chi connectivity index (χ3n) is 4.55. The molecule has 122 valence electrons. The van der Waals surface area contributed by atoms with Crippen molar-refractivity contribution in [1.82, 2.24) is 4.90 Å². The number of fused-ring (bicyclic) bond motifs is 1. The molecule has 0 amide bonds. The maximum absolute atomic E-state index is 13.0. The minimum atomic E-state index is -0.542. The Kier molecular flexibility index (Phi) is 4.71. The summed E-state index contributed by atoms with van der Waals surface area (Å²) in [5.74, 6) is -0.878. The van der Waals surface area contributed by atoms with Crippen molar-refractivity contribution in [3.05, 3.63) is 46.1 Å². The lowest BCUT2D eigenvalue weighted by Crippen LogP contribution is -2.27. The number of carbonyl (C=O) groups is 2. The molecule has 0 N–H and O–H groups in total. The smallest absolute Gasteiger partial charge is 0.343 e. The number of benzene rings is 1. The van der Waals surface area contributed by atoms with Crippen LogP contribution in [0.15, 0.2) is 35.5 Å². The van der Waals surface area contributed by atoms with Crippen molar-refractivity contribution in [2.75, 3.05) is 13.2 Å². The summed E-state index contributed by atoms with van der Waals surface area (Å²) in [5.41, 5.74) is 1.34. The van der Waals surface area contributed by atoms with Crippen LogP contribution >= 0.6 is 11.6 Å². The number of carbonyl (C=O) groups excluding carboxylic acids is 2. The quantitative estimate of drug-likeness (QED) is 0.278. The molecule has 23 heavy (non-hydrogen) atoms. The number of rotatable bonds is 4. The van der Waals surface area contributed by atoms with E-state index >= 15 is 0 Å². The molecule has 0 aromatic heterocycles. The van der Waals surface area contributed by atoms with Crippen molar-refractivity contribution in [3.8, 4) is 0 Å². The van der Waals surface area contributed by atoms with Gasteiger partial charge in [-0.25, -0.2) is 4.79 Å². The number of ketones is 1. The molecule has 2 aliphatic rings. The number of halogens is 1. The number of Topliss-reactive ketones (excluding diaryl/α,β-unsaturated/α-hetero) is 1. The molecular weight excluding hydrogens is 314 g/mol. The van der Waals surface area contributed by atoms with Crippen molar-refractivity contribution in [2.45, 2.75) is 38.6 Å². The molecular formula is C18H20ClNO3. The third kappa shape index (κ3) is 3.00. The van der Waals surface area contributed by atoms with Crippen LogP contribution in [0.2, 0.25) is 5.02 Å². The van der Waals surface area contributed by atoms with E-state index in [4.69, 9.17) is 16.3 Å². The number of hydrogen-bond donors (Lipinski definition) is 0. The highest BCUT2D eigenvalue weighted by atomic mass is 35.5. The summed E-state index contributed by atoms with van der Waals surface area (Å²) in [6.45, 7) is 2.89. The molecule has 1 aromatic rings. The maximum atomic E-state index is 13.0. The van der Waals surface area contributed by atoms with E-state index in [9.17, 15) is 9.59 Å². The van der Waals surface area contributed by atoms with Crippen molar-refractivity contribution in [1.29, 1.82) is 0 Å². The molecule has 3 rings (SSSR count). The summed E-state index contributed by atoms with van der Waals surface area (Å²) in [7, 11) is 0. The predicted octanol–water partition coefficient (Wildman–Crippen LogP) is 3.60. The van der Waals surface area contributed by atoms with Crippen LogP contribution in [0.4, 0.5) is 0 Å². The van der Waals surface area contributed by atoms with Crippen molar-refractivity contribution < 1.29 is 14.3 Å². The molecule has 0 spiro atoms. The maximum Gasteiger partial charge on any atom is 0.343 e. The van der Waals surface area contributed by atoms with Gasteiger partial charge in [0.2, 0.25) is 5.78 Å². The Morgan fingerprint density at radius 1 is 1.30 bits per heavy atom. The lowest BCUT2D eigenvalue weighted by molar-refractivity contribution is -0.138. The lowest BCUT2D eigenvalue weighted by Gasteiger charge is -2.22. The summed E-state index contributed by atoms with van der Waals surface area (Å²) in [6.07, 6.45) is 3.97. The Balaban J connectivity index is 2.05. The summed E-state index contributed by atoms with van der Waals surface area (Å²) in [5, 5.41) is 0.357. The minimum absolute atomic E-state index is 0.157. The van der Waals surface area contributed by atoms with E-state index in [-0.39, 0.29) is 18.0 Å². The van der Waals surface area contributed by atoms with Gasteiger partial charge in [-0.2, -0.15) is 0 Å². The van der Waals surface area contributed by atoms with Crippen molar-refractivity contribution >= 4 is 23.4 Å². The molecule has 2 fully saturated rings. The van der Waals surface area contributed by atoms with Crippen LogP contribution in [0.25, 0.3) is 0 Å². The van der Waals surface area contributed by atoms with Crippen LogP contribution < -0.4 is 0 Å².